The summed E-state index contributed by atoms with van der Waals surface area (Å²) in [5, 5.41) is 11.2. The highest BCUT2D eigenvalue weighted by Crippen LogP contribution is 2.23. The molecule has 6 heteroatoms. The summed E-state index contributed by atoms with van der Waals surface area (Å²) < 4.78 is 5.55. The van der Waals surface area contributed by atoms with E-state index >= 15 is 0 Å². The Hall–Kier alpha value is -1.14. The zero-order chi connectivity index (χ0) is 11.5. The number of carboxylic acids is 1. The van der Waals surface area contributed by atoms with E-state index in [1.165, 1.54) is 11.3 Å². The second-order valence-electron chi connectivity index (χ2n) is 3.67. The third-order valence-corrected chi connectivity index (χ3v) is 3.48. The molecule has 0 spiro atoms. The molecule has 0 bridgehead atoms. The molecule has 1 aliphatic rings. The lowest BCUT2D eigenvalue weighted by Crippen LogP contribution is -2.42. The highest BCUT2D eigenvalue weighted by molar-refractivity contribution is 7.13. The van der Waals surface area contributed by atoms with Crippen LogP contribution in [0.5, 0.6) is 0 Å². The maximum atomic E-state index is 10.7. The minimum Gasteiger partial charge on any atom is -0.476 e. The fourth-order valence-corrected chi connectivity index (χ4v) is 2.48. The molecule has 88 valence electrons. The van der Waals surface area contributed by atoms with Crippen molar-refractivity contribution in [2.45, 2.75) is 19.4 Å². The zero-order valence-corrected chi connectivity index (χ0v) is 9.87. The first-order chi connectivity index (χ1) is 7.70. The molecular formula is C10H14N2O3S. The first-order valence-electron chi connectivity index (χ1n) is 5.26. The fourth-order valence-electron chi connectivity index (χ4n) is 1.65. The second kappa shape index (κ2) is 4.80. The Kier molecular flexibility index (Phi) is 3.40. The number of anilines is 1. The van der Waals surface area contributed by atoms with E-state index in [4.69, 9.17) is 9.84 Å². The number of rotatable bonds is 3. The summed E-state index contributed by atoms with van der Waals surface area (Å²) >= 11 is 1.38. The molecule has 1 atom stereocenters. The second-order valence-corrected chi connectivity index (χ2v) is 4.50. The van der Waals surface area contributed by atoms with Crippen LogP contribution in [0.4, 0.5) is 5.13 Å². The van der Waals surface area contributed by atoms with Gasteiger partial charge in [-0.1, -0.05) is 6.92 Å². The largest absolute Gasteiger partial charge is 0.476 e. The van der Waals surface area contributed by atoms with E-state index in [9.17, 15) is 4.79 Å². The van der Waals surface area contributed by atoms with Gasteiger partial charge in [0, 0.05) is 18.5 Å². The van der Waals surface area contributed by atoms with Gasteiger partial charge in [0.05, 0.1) is 12.7 Å². The number of nitrogens with zero attached hydrogens (tertiary/aromatic N) is 2. The molecule has 2 rings (SSSR count). The number of thiazole rings is 1. The topological polar surface area (TPSA) is 62.7 Å². The molecule has 2 heterocycles. The fraction of sp³-hybridized carbons (Fsp3) is 0.600. The van der Waals surface area contributed by atoms with Crippen molar-refractivity contribution in [3.05, 3.63) is 11.1 Å². The lowest BCUT2D eigenvalue weighted by atomic mass is 10.2. The van der Waals surface area contributed by atoms with Crippen molar-refractivity contribution in [2.24, 2.45) is 0 Å². The van der Waals surface area contributed by atoms with Crippen LogP contribution in [0, 0.1) is 0 Å². The molecule has 0 radical (unpaired) electrons. The molecule has 0 aliphatic carbocycles. The number of ether oxygens (including phenoxy) is 1. The van der Waals surface area contributed by atoms with Gasteiger partial charge in [0.2, 0.25) is 0 Å². The molecule has 1 aromatic heterocycles. The van der Waals surface area contributed by atoms with Crippen molar-refractivity contribution in [3.63, 3.8) is 0 Å². The number of carbonyl (C=O) groups is 1. The molecular weight excluding hydrogens is 228 g/mol. The summed E-state index contributed by atoms with van der Waals surface area (Å²) in [7, 11) is 0. The smallest absolute Gasteiger partial charge is 0.355 e. The molecule has 1 N–H and O–H groups in total. The Morgan fingerprint density at radius 2 is 2.62 bits per heavy atom. The summed E-state index contributed by atoms with van der Waals surface area (Å²) in [5.41, 5.74) is 0.125. The van der Waals surface area contributed by atoms with Crippen molar-refractivity contribution in [1.82, 2.24) is 4.98 Å². The van der Waals surface area contributed by atoms with Gasteiger partial charge in [0.1, 0.15) is 0 Å². The monoisotopic (exact) mass is 242 g/mol. The predicted octanol–water partition coefficient (Wildman–Crippen LogP) is 1.46. The number of morpholine rings is 1. The van der Waals surface area contributed by atoms with E-state index in [0.29, 0.717) is 6.61 Å². The van der Waals surface area contributed by atoms with E-state index in [0.717, 1.165) is 24.6 Å². The summed E-state index contributed by atoms with van der Waals surface area (Å²) in [4.78, 5) is 16.9. The Balaban J connectivity index is 2.08. The standard InChI is InChI=1S/C10H14N2O3S/c1-2-7-5-12(3-4-15-7)10-11-8(6-16-10)9(13)14/h6-7H,2-5H2,1H3,(H,13,14). The molecule has 0 aromatic carbocycles. The number of aromatic nitrogens is 1. The van der Waals surface area contributed by atoms with E-state index < -0.39 is 5.97 Å². The van der Waals surface area contributed by atoms with Crippen LogP contribution in [0.2, 0.25) is 0 Å². The van der Waals surface area contributed by atoms with Crippen molar-refractivity contribution in [2.75, 3.05) is 24.6 Å². The number of carboxylic acid groups (broad SMARTS) is 1. The summed E-state index contributed by atoms with van der Waals surface area (Å²) in [6.07, 6.45) is 1.19. The molecule has 1 unspecified atom stereocenters. The van der Waals surface area contributed by atoms with Gasteiger partial charge < -0.3 is 14.7 Å². The van der Waals surface area contributed by atoms with E-state index in [2.05, 4.69) is 16.8 Å². The van der Waals surface area contributed by atoms with E-state index in [1.54, 1.807) is 5.38 Å². The van der Waals surface area contributed by atoms with Crippen LogP contribution < -0.4 is 4.90 Å². The Bertz CT molecular complexity index is 380. The predicted molar refractivity (Wildman–Crippen MR) is 61.3 cm³/mol. The molecule has 16 heavy (non-hydrogen) atoms. The molecule has 1 aromatic rings. The third-order valence-electron chi connectivity index (χ3n) is 2.58. The lowest BCUT2D eigenvalue weighted by Gasteiger charge is -2.32. The maximum absolute atomic E-state index is 10.7. The van der Waals surface area contributed by atoms with Gasteiger partial charge in [-0.2, -0.15) is 0 Å². The summed E-state index contributed by atoms with van der Waals surface area (Å²) in [6, 6.07) is 0. The molecule has 1 aliphatic heterocycles. The number of hydrogen-bond donors (Lipinski definition) is 1. The zero-order valence-electron chi connectivity index (χ0n) is 9.05. The van der Waals surface area contributed by atoms with Crippen molar-refractivity contribution in [3.8, 4) is 0 Å². The van der Waals surface area contributed by atoms with Gasteiger partial charge in [-0.05, 0) is 6.42 Å². The SMILES string of the molecule is CCC1CN(c2nc(C(=O)O)cs2)CCO1. The normalized spacial score (nSPS) is 21.1. The lowest BCUT2D eigenvalue weighted by molar-refractivity contribution is 0.0384. The third kappa shape index (κ3) is 2.33. The molecule has 1 fully saturated rings. The summed E-state index contributed by atoms with van der Waals surface area (Å²) in [6.45, 7) is 4.34. The van der Waals surface area contributed by atoms with Crippen LogP contribution >= 0.6 is 11.3 Å². The van der Waals surface area contributed by atoms with Crippen LogP contribution in [0.25, 0.3) is 0 Å². The first kappa shape index (κ1) is 11.3. The van der Waals surface area contributed by atoms with Crippen LogP contribution in [0.3, 0.4) is 0 Å². The highest BCUT2D eigenvalue weighted by Gasteiger charge is 2.22. The molecule has 0 amide bonds. The molecule has 1 saturated heterocycles. The van der Waals surface area contributed by atoms with Crippen molar-refractivity contribution < 1.29 is 14.6 Å². The Morgan fingerprint density at radius 3 is 3.25 bits per heavy atom. The first-order valence-corrected chi connectivity index (χ1v) is 6.14. The van der Waals surface area contributed by atoms with E-state index in [-0.39, 0.29) is 11.8 Å². The van der Waals surface area contributed by atoms with Gasteiger partial charge in [-0.25, -0.2) is 9.78 Å². The van der Waals surface area contributed by atoms with Gasteiger partial charge >= 0.3 is 5.97 Å². The average molecular weight is 242 g/mol. The van der Waals surface area contributed by atoms with Crippen LogP contribution in [-0.2, 0) is 4.74 Å². The minimum absolute atomic E-state index is 0.125. The minimum atomic E-state index is -0.970. The number of aromatic carboxylic acids is 1. The maximum Gasteiger partial charge on any atom is 0.355 e. The number of hydrogen-bond acceptors (Lipinski definition) is 5. The van der Waals surface area contributed by atoms with Gasteiger partial charge in [0.15, 0.2) is 10.8 Å². The Morgan fingerprint density at radius 1 is 1.81 bits per heavy atom. The summed E-state index contributed by atoms with van der Waals surface area (Å²) in [5.74, 6) is -0.970. The van der Waals surface area contributed by atoms with Crippen molar-refractivity contribution >= 4 is 22.4 Å². The van der Waals surface area contributed by atoms with Gasteiger partial charge in [-0.3, -0.25) is 0 Å². The van der Waals surface area contributed by atoms with Crippen LogP contribution in [-0.4, -0.2) is 41.9 Å². The van der Waals surface area contributed by atoms with Gasteiger partial charge in [0.25, 0.3) is 0 Å². The van der Waals surface area contributed by atoms with E-state index in [1.807, 2.05) is 0 Å². The highest BCUT2D eigenvalue weighted by atomic mass is 32.1. The van der Waals surface area contributed by atoms with Gasteiger partial charge in [-0.15, -0.1) is 11.3 Å². The van der Waals surface area contributed by atoms with Crippen molar-refractivity contribution in [1.29, 1.82) is 0 Å². The quantitative estimate of drug-likeness (QED) is 0.869. The Labute approximate surface area is 97.7 Å². The average Bonchev–Trinajstić information content (AvgIpc) is 2.78. The van der Waals surface area contributed by atoms with Crippen LogP contribution in [0.15, 0.2) is 5.38 Å². The molecule has 0 saturated carbocycles. The molecule has 5 nitrogen and oxygen atoms in total. The van der Waals surface area contributed by atoms with Crippen LogP contribution in [0.1, 0.15) is 23.8 Å².